The van der Waals surface area contributed by atoms with E-state index in [0.717, 1.165) is 24.8 Å². The second-order valence-corrected chi connectivity index (χ2v) is 4.61. The van der Waals surface area contributed by atoms with Crippen LogP contribution in [0.2, 0.25) is 0 Å². The van der Waals surface area contributed by atoms with Crippen molar-refractivity contribution < 1.29 is 4.74 Å². The molecule has 80 valence electrons. The molecule has 2 aliphatic rings. The fourth-order valence-electron chi connectivity index (χ4n) is 2.71. The summed E-state index contributed by atoms with van der Waals surface area (Å²) >= 11 is 0. The van der Waals surface area contributed by atoms with Gasteiger partial charge >= 0.3 is 0 Å². The van der Waals surface area contributed by atoms with Crippen molar-refractivity contribution in [2.45, 2.75) is 25.3 Å². The van der Waals surface area contributed by atoms with Crippen LogP contribution in [-0.2, 0) is 6.54 Å². The first-order valence-electron chi connectivity index (χ1n) is 5.76. The van der Waals surface area contributed by atoms with Gasteiger partial charge in [0.15, 0.2) is 0 Å². The highest BCUT2D eigenvalue weighted by atomic mass is 16.5. The van der Waals surface area contributed by atoms with Gasteiger partial charge in [-0.15, -0.1) is 0 Å². The van der Waals surface area contributed by atoms with E-state index in [4.69, 9.17) is 4.74 Å². The van der Waals surface area contributed by atoms with E-state index in [2.05, 4.69) is 23.5 Å². The Morgan fingerprint density at radius 1 is 1.33 bits per heavy atom. The average Bonchev–Trinajstić information content (AvgIpc) is 3.11. The molecule has 1 unspecified atom stereocenters. The second kappa shape index (κ2) is 3.53. The van der Waals surface area contributed by atoms with Crippen molar-refractivity contribution >= 4 is 0 Å². The first-order chi connectivity index (χ1) is 7.40. The molecule has 3 rings (SSSR count). The molecule has 2 heteroatoms. The molecule has 0 aromatic heterocycles. The minimum Gasteiger partial charge on any atom is -0.496 e. The molecule has 0 saturated heterocycles. The van der Waals surface area contributed by atoms with Crippen molar-refractivity contribution in [3.05, 3.63) is 29.3 Å². The Hall–Kier alpha value is -1.02. The Balaban J connectivity index is 2.06. The van der Waals surface area contributed by atoms with Crippen molar-refractivity contribution in [3.63, 3.8) is 0 Å². The van der Waals surface area contributed by atoms with Crippen LogP contribution in [0.5, 0.6) is 5.75 Å². The fraction of sp³-hybridized carbons (Fsp3) is 0.538. The molecule has 1 aliphatic carbocycles. The molecule has 0 radical (unpaired) electrons. The SMILES string of the molecule is COc1cccc2c1C(C1CC1)CNC2. The number of methoxy groups -OCH3 is 1. The molecule has 15 heavy (non-hydrogen) atoms. The van der Waals surface area contributed by atoms with Crippen molar-refractivity contribution in [3.8, 4) is 5.75 Å². The number of hydrogen-bond acceptors (Lipinski definition) is 2. The molecule has 1 aromatic rings. The maximum absolute atomic E-state index is 5.49. The number of ether oxygens (including phenoxy) is 1. The molecule has 1 aliphatic heterocycles. The molecule has 1 atom stereocenters. The van der Waals surface area contributed by atoms with E-state index in [-0.39, 0.29) is 0 Å². The molecule has 0 bridgehead atoms. The van der Waals surface area contributed by atoms with Crippen LogP contribution in [0.1, 0.15) is 29.9 Å². The standard InChI is InChI=1S/C13H17NO/c1-15-12-4-2-3-10-7-14-8-11(13(10)12)9-5-6-9/h2-4,9,11,14H,5-8H2,1H3. The maximum atomic E-state index is 5.49. The lowest BCUT2D eigenvalue weighted by atomic mass is 9.86. The van der Waals surface area contributed by atoms with Gasteiger partial charge in [0.2, 0.25) is 0 Å². The van der Waals surface area contributed by atoms with Gasteiger partial charge in [-0.05, 0) is 30.4 Å². The Morgan fingerprint density at radius 2 is 2.20 bits per heavy atom. The lowest BCUT2D eigenvalue weighted by molar-refractivity contribution is 0.391. The summed E-state index contributed by atoms with van der Waals surface area (Å²) in [5, 5.41) is 3.51. The van der Waals surface area contributed by atoms with E-state index < -0.39 is 0 Å². The highest BCUT2D eigenvalue weighted by molar-refractivity contribution is 5.45. The van der Waals surface area contributed by atoms with Gasteiger partial charge in [0.25, 0.3) is 0 Å². The van der Waals surface area contributed by atoms with E-state index in [1.165, 1.54) is 24.0 Å². The van der Waals surface area contributed by atoms with Crippen molar-refractivity contribution in [2.24, 2.45) is 5.92 Å². The molecule has 1 fully saturated rings. The van der Waals surface area contributed by atoms with Gasteiger partial charge in [-0.2, -0.15) is 0 Å². The third kappa shape index (κ3) is 1.53. The molecule has 1 N–H and O–H groups in total. The summed E-state index contributed by atoms with van der Waals surface area (Å²) in [5.41, 5.74) is 2.90. The molecule has 1 heterocycles. The minimum absolute atomic E-state index is 0.685. The highest BCUT2D eigenvalue weighted by Crippen LogP contribution is 2.47. The predicted octanol–water partition coefficient (Wildman–Crippen LogP) is 2.29. The largest absolute Gasteiger partial charge is 0.496 e. The van der Waals surface area contributed by atoms with E-state index in [0.29, 0.717) is 5.92 Å². The molecular formula is C13H17NO. The highest BCUT2D eigenvalue weighted by Gasteiger charge is 2.36. The lowest BCUT2D eigenvalue weighted by Gasteiger charge is -2.28. The van der Waals surface area contributed by atoms with Gasteiger partial charge in [-0.3, -0.25) is 0 Å². The third-order valence-corrected chi connectivity index (χ3v) is 3.62. The van der Waals surface area contributed by atoms with E-state index in [9.17, 15) is 0 Å². The quantitative estimate of drug-likeness (QED) is 0.796. The Labute approximate surface area is 90.6 Å². The van der Waals surface area contributed by atoms with Crippen molar-refractivity contribution in [1.29, 1.82) is 0 Å². The van der Waals surface area contributed by atoms with Crippen LogP contribution in [0, 0.1) is 5.92 Å². The first kappa shape index (κ1) is 9.22. The summed E-state index contributed by atoms with van der Waals surface area (Å²) in [7, 11) is 1.78. The van der Waals surface area contributed by atoms with Crippen LogP contribution < -0.4 is 10.1 Å². The smallest absolute Gasteiger partial charge is 0.122 e. The summed E-state index contributed by atoms with van der Waals surface area (Å²) < 4.78 is 5.49. The number of fused-ring (bicyclic) bond motifs is 1. The summed E-state index contributed by atoms with van der Waals surface area (Å²) in [5.74, 6) is 2.67. The molecule has 0 spiro atoms. The molecular weight excluding hydrogens is 186 g/mol. The number of benzene rings is 1. The Morgan fingerprint density at radius 3 is 2.93 bits per heavy atom. The van der Waals surface area contributed by atoms with Crippen LogP contribution in [0.4, 0.5) is 0 Å². The minimum atomic E-state index is 0.685. The second-order valence-electron chi connectivity index (χ2n) is 4.61. The Bertz CT molecular complexity index is 357. The number of hydrogen-bond donors (Lipinski definition) is 1. The van der Waals surface area contributed by atoms with Crippen LogP contribution in [0.3, 0.4) is 0 Å². The fourth-order valence-corrected chi connectivity index (χ4v) is 2.71. The van der Waals surface area contributed by atoms with Crippen LogP contribution >= 0.6 is 0 Å². The third-order valence-electron chi connectivity index (χ3n) is 3.62. The average molecular weight is 203 g/mol. The summed E-state index contributed by atoms with van der Waals surface area (Å²) in [6.45, 7) is 2.12. The topological polar surface area (TPSA) is 21.3 Å². The van der Waals surface area contributed by atoms with Gasteiger partial charge in [0.05, 0.1) is 7.11 Å². The summed E-state index contributed by atoms with van der Waals surface area (Å²) in [6, 6.07) is 6.41. The van der Waals surface area contributed by atoms with Gasteiger partial charge in [0, 0.05) is 24.6 Å². The predicted molar refractivity (Wildman–Crippen MR) is 60.2 cm³/mol. The van der Waals surface area contributed by atoms with Crippen LogP contribution in [-0.4, -0.2) is 13.7 Å². The van der Waals surface area contributed by atoms with Gasteiger partial charge < -0.3 is 10.1 Å². The van der Waals surface area contributed by atoms with Crippen LogP contribution in [0.15, 0.2) is 18.2 Å². The maximum Gasteiger partial charge on any atom is 0.122 e. The lowest BCUT2D eigenvalue weighted by Crippen LogP contribution is -2.29. The van der Waals surface area contributed by atoms with Crippen LogP contribution in [0.25, 0.3) is 0 Å². The zero-order valence-corrected chi connectivity index (χ0v) is 9.12. The number of rotatable bonds is 2. The van der Waals surface area contributed by atoms with Gasteiger partial charge in [-0.25, -0.2) is 0 Å². The van der Waals surface area contributed by atoms with E-state index in [1.54, 1.807) is 7.11 Å². The van der Waals surface area contributed by atoms with Gasteiger partial charge in [-0.1, -0.05) is 12.1 Å². The van der Waals surface area contributed by atoms with Crippen molar-refractivity contribution in [2.75, 3.05) is 13.7 Å². The van der Waals surface area contributed by atoms with E-state index in [1.807, 2.05) is 0 Å². The molecule has 1 aromatic carbocycles. The zero-order chi connectivity index (χ0) is 10.3. The summed E-state index contributed by atoms with van der Waals surface area (Å²) in [6.07, 6.45) is 2.79. The molecule has 2 nitrogen and oxygen atoms in total. The van der Waals surface area contributed by atoms with Gasteiger partial charge in [0.1, 0.15) is 5.75 Å². The monoisotopic (exact) mass is 203 g/mol. The molecule has 1 saturated carbocycles. The Kier molecular flexibility index (Phi) is 2.17. The number of nitrogens with one attached hydrogen (secondary N) is 1. The zero-order valence-electron chi connectivity index (χ0n) is 9.12. The molecule has 0 amide bonds. The van der Waals surface area contributed by atoms with E-state index >= 15 is 0 Å². The normalized spacial score (nSPS) is 24.7. The summed E-state index contributed by atoms with van der Waals surface area (Å²) in [4.78, 5) is 0. The van der Waals surface area contributed by atoms with Crippen molar-refractivity contribution in [1.82, 2.24) is 5.32 Å². The first-order valence-corrected chi connectivity index (χ1v) is 5.76.